The van der Waals surface area contributed by atoms with E-state index >= 15 is 0 Å². The molecule has 1 unspecified atom stereocenters. The zero-order chi connectivity index (χ0) is 25.3. The molecule has 1 aliphatic heterocycles. The third-order valence-corrected chi connectivity index (χ3v) is 5.26. The number of hydrogen-bond acceptors (Lipinski definition) is 4. The van der Waals surface area contributed by atoms with Crippen LogP contribution in [0.25, 0.3) is 0 Å². The molecule has 3 atom stereocenters. The predicted molar refractivity (Wildman–Crippen MR) is 109 cm³/mol. The average Bonchev–Trinajstić information content (AvgIpc) is 3.20. The van der Waals surface area contributed by atoms with Crippen molar-refractivity contribution in [2.24, 2.45) is 5.73 Å². The lowest BCUT2D eigenvalue weighted by molar-refractivity contribution is -0.156. The van der Waals surface area contributed by atoms with E-state index < -0.39 is 59.8 Å². The molecule has 7 nitrogen and oxygen atoms in total. The molecular formula is C21H17F6N5O2. The van der Waals surface area contributed by atoms with Crippen molar-refractivity contribution in [1.29, 1.82) is 5.26 Å². The van der Waals surface area contributed by atoms with E-state index in [4.69, 9.17) is 11.0 Å². The summed E-state index contributed by atoms with van der Waals surface area (Å²) in [5, 5.41) is 15.8. The van der Waals surface area contributed by atoms with Crippen LogP contribution in [0.2, 0.25) is 0 Å². The summed E-state index contributed by atoms with van der Waals surface area (Å²) in [6, 6.07) is 4.87. The number of benzene rings is 2. The summed E-state index contributed by atoms with van der Waals surface area (Å²) in [6.07, 6.45) is -10.2. The molecule has 2 aromatic carbocycles. The number of alkyl halides is 6. The van der Waals surface area contributed by atoms with Crippen molar-refractivity contribution in [2.75, 3.05) is 10.6 Å². The number of urea groups is 1. The van der Waals surface area contributed by atoms with Crippen LogP contribution in [0.15, 0.2) is 42.5 Å². The normalized spacial score (nSPS) is 20.4. The molecule has 0 radical (unpaired) electrons. The molecule has 1 saturated heterocycles. The van der Waals surface area contributed by atoms with Crippen molar-refractivity contribution >= 4 is 23.3 Å². The molecule has 34 heavy (non-hydrogen) atoms. The van der Waals surface area contributed by atoms with Gasteiger partial charge >= 0.3 is 18.4 Å². The molecule has 1 aliphatic rings. The maximum absolute atomic E-state index is 13.7. The molecule has 0 spiro atoms. The van der Waals surface area contributed by atoms with Gasteiger partial charge in [0, 0.05) is 17.3 Å². The summed E-state index contributed by atoms with van der Waals surface area (Å²) in [7, 11) is 0. The second-order valence-corrected chi connectivity index (χ2v) is 7.55. The summed E-state index contributed by atoms with van der Waals surface area (Å²) < 4.78 is 80.9. The van der Waals surface area contributed by atoms with Crippen LogP contribution in [0.4, 0.5) is 42.5 Å². The van der Waals surface area contributed by atoms with Gasteiger partial charge in [0.15, 0.2) is 0 Å². The third kappa shape index (κ3) is 5.57. The van der Waals surface area contributed by atoms with Crippen LogP contribution in [-0.4, -0.2) is 30.2 Å². The van der Waals surface area contributed by atoms with Gasteiger partial charge in [0.25, 0.3) is 0 Å². The van der Waals surface area contributed by atoms with Crippen LogP contribution in [0.3, 0.4) is 0 Å². The van der Waals surface area contributed by atoms with Gasteiger partial charge in [-0.2, -0.15) is 31.6 Å². The van der Waals surface area contributed by atoms with E-state index in [9.17, 15) is 35.9 Å². The predicted octanol–water partition coefficient (Wildman–Crippen LogP) is 4.08. The minimum Gasteiger partial charge on any atom is -0.351 e. The highest BCUT2D eigenvalue weighted by Crippen LogP contribution is 2.42. The lowest BCUT2D eigenvalue weighted by Gasteiger charge is -2.23. The van der Waals surface area contributed by atoms with Gasteiger partial charge in [-0.15, -0.1) is 0 Å². The molecular weight excluding hydrogens is 468 g/mol. The fourth-order valence-corrected chi connectivity index (χ4v) is 3.76. The van der Waals surface area contributed by atoms with Gasteiger partial charge < -0.3 is 16.4 Å². The smallest absolute Gasteiger partial charge is 0.351 e. The Bertz CT molecular complexity index is 1120. The van der Waals surface area contributed by atoms with Crippen LogP contribution in [0.5, 0.6) is 0 Å². The first-order chi connectivity index (χ1) is 15.8. The standard InChI is InChI=1S/C21H17F6N5O2/c22-20(23,24)15-7-10(1-2-11(15)9-28)14-8-16(32-17(14)21(25,26)27)18(33)30-12-3-5-13(6-4-12)31-19(29)34/h1-7,14,16-17,32H,8H2,(H,30,33)(H3,29,31,34)/t14?,16-,17+/m0/s1. The fraction of sp³-hybridized carbons (Fsp3) is 0.286. The van der Waals surface area contributed by atoms with Crippen LogP contribution < -0.4 is 21.7 Å². The van der Waals surface area contributed by atoms with Crippen LogP contribution >= 0.6 is 0 Å². The zero-order valence-corrected chi connectivity index (χ0v) is 17.1. The van der Waals surface area contributed by atoms with Gasteiger partial charge in [-0.25, -0.2) is 4.79 Å². The Morgan fingerprint density at radius 1 is 1.00 bits per heavy atom. The van der Waals surface area contributed by atoms with Gasteiger partial charge in [0.05, 0.1) is 23.2 Å². The Hall–Kier alpha value is -3.79. The average molecular weight is 485 g/mol. The summed E-state index contributed by atoms with van der Waals surface area (Å²) in [5.74, 6) is -2.32. The number of rotatable bonds is 4. The van der Waals surface area contributed by atoms with Crippen molar-refractivity contribution in [1.82, 2.24) is 5.32 Å². The largest absolute Gasteiger partial charge is 0.417 e. The van der Waals surface area contributed by atoms with Crippen molar-refractivity contribution < 1.29 is 35.9 Å². The lowest BCUT2D eigenvalue weighted by Crippen LogP contribution is -2.46. The monoisotopic (exact) mass is 485 g/mol. The lowest BCUT2D eigenvalue weighted by atomic mass is 9.88. The Kier molecular flexibility index (Phi) is 6.74. The Balaban J connectivity index is 1.83. The van der Waals surface area contributed by atoms with Crippen molar-refractivity contribution in [3.8, 4) is 6.07 Å². The van der Waals surface area contributed by atoms with Gasteiger partial charge in [-0.1, -0.05) is 6.07 Å². The zero-order valence-electron chi connectivity index (χ0n) is 17.1. The van der Waals surface area contributed by atoms with Crippen LogP contribution in [0, 0.1) is 11.3 Å². The second-order valence-electron chi connectivity index (χ2n) is 7.55. The first kappa shape index (κ1) is 24.8. The summed E-state index contributed by atoms with van der Waals surface area (Å²) in [5.41, 5.74) is 3.17. The Morgan fingerprint density at radius 2 is 1.59 bits per heavy atom. The second kappa shape index (κ2) is 9.22. The first-order valence-electron chi connectivity index (χ1n) is 9.71. The number of primary amides is 1. The third-order valence-electron chi connectivity index (χ3n) is 5.26. The summed E-state index contributed by atoms with van der Waals surface area (Å²) >= 11 is 0. The van der Waals surface area contributed by atoms with E-state index in [-0.39, 0.29) is 11.3 Å². The molecule has 1 fully saturated rings. The van der Waals surface area contributed by atoms with Crippen LogP contribution in [0.1, 0.15) is 29.0 Å². The van der Waals surface area contributed by atoms with Crippen molar-refractivity contribution in [3.63, 3.8) is 0 Å². The minimum atomic E-state index is -4.94. The number of carbonyl (C=O) groups is 2. The molecule has 0 aliphatic carbocycles. The molecule has 2 aromatic rings. The molecule has 0 saturated carbocycles. The number of nitrogens with two attached hydrogens (primary N) is 1. The van der Waals surface area contributed by atoms with Gasteiger partial charge in [0.1, 0.15) is 6.04 Å². The number of hydrogen-bond donors (Lipinski definition) is 4. The Labute approximate surface area is 188 Å². The van der Waals surface area contributed by atoms with Gasteiger partial charge in [-0.05, 0) is 48.4 Å². The highest BCUT2D eigenvalue weighted by molar-refractivity contribution is 5.95. The minimum absolute atomic E-state index is 0.214. The summed E-state index contributed by atoms with van der Waals surface area (Å²) in [4.78, 5) is 23.4. The van der Waals surface area contributed by atoms with E-state index in [1.165, 1.54) is 30.3 Å². The topological polar surface area (TPSA) is 120 Å². The maximum Gasteiger partial charge on any atom is 0.417 e. The molecule has 3 amide bonds. The van der Waals surface area contributed by atoms with E-state index in [0.717, 1.165) is 12.1 Å². The van der Waals surface area contributed by atoms with E-state index in [0.29, 0.717) is 11.8 Å². The van der Waals surface area contributed by atoms with Crippen molar-refractivity contribution in [2.45, 2.75) is 36.8 Å². The number of halogens is 6. The Morgan fingerprint density at radius 3 is 2.09 bits per heavy atom. The van der Waals surface area contributed by atoms with Crippen molar-refractivity contribution in [3.05, 3.63) is 59.2 Å². The summed E-state index contributed by atoms with van der Waals surface area (Å²) in [6.45, 7) is 0. The fourth-order valence-electron chi connectivity index (χ4n) is 3.76. The first-order valence-corrected chi connectivity index (χ1v) is 9.71. The number of nitrogens with zero attached hydrogens (tertiary/aromatic N) is 1. The van der Waals surface area contributed by atoms with Gasteiger partial charge in [-0.3, -0.25) is 10.1 Å². The highest BCUT2D eigenvalue weighted by Gasteiger charge is 2.52. The molecule has 1 heterocycles. The molecule has 13 heteroatoms. The van der Waals surface area contributed by atoms with E-state index in [1.807, 2.05) is 0 Å². The number of anilines is 2. The molecule has 180 valence electrons. The van der Waals surface area contributed by atoms with Gasteiger partial charge in [0.2, 0.25) is 5.91 Å². The highest BCUT2D eigenvalue weighted by atomic mass is 19.4. The molecule has 0 bridgehead atoms. The number of amides is 3. The number of nitrogens with one attached hydrogen (secondary N) is 3. The molecule has 3 rings (SSSR count). The molecule has 0 aromatic heterocycles. The maximum atomic E-state index is 13.7. The SMILES string of the molecule is N#Cc1ccc(C2C[C@@H](C(=O)Nc3ccc(NC(N)=O)cc3)N[C@H]2C(F)(F)F)cc1C(F)(F)F. The van der Waals surface area contributed by atoms with Crippen LogP contribution in [-0.2, 0) is 11.0 Å². The number of carbonyl (C=O) groups excluding carboxylic acids is 2. The quantitative estimate of drug-likeness (QED) is 0.488. The molecule has 5 N–H and O–H groups in total. The van der Waals surface area contributed by atoms with E-state index in [1.54, 1.807) is 0 Å². The van der Waals surface area contributed by atoms with E-state index in [2.05, 4.69) is 16.0 Å². The number of nitriles is 1.